The van der Waals surface area contributed by atoms with Crippen LogP contribution >= 0.6 is 0 Å². The van der Waals surface area contributed by atoms with Crippen molar-refractivity contribution in [2.45, 2.75) is 97.4 Å². The van der Waals surface area contributed by atoms with Crippen molar-refractivity contribution in [3.8, 4) is 0 Å². The molecule has 0 aromatic heterocycles. The van der Waals surface area contributed by atoms with Gasteiger partial charge in [-0.2, -0.15) is 0 Å². The first-order valence-corrected chi connectivity index (χ1v) is 12.7. The summed E-state index contributed by atoms with van der Waals surface area (Å²) in [6.07, 6.45) is 15.2. The molecular weight excluding hydrogens is 370 g/mol. The van der Waals surface area contributed by atoms with Crippen molar-refractivity contribution in [3.05, 3.63) is 24.2 Å². The van der Waals surface area contributed by atoms with Gasteiger partial charge < -0.3 is 10.1 Å². The molecule has 5 aliphatic rings. The van der Waals surface area contributed by atoms with E-state index in [1.165, 1.54) is 44.3 Å². The van der Waals surface area contributed by atoms with Gasteiger partial charge in [-0.05, 0) is 98.4 Å². The minimum absolute atomic E-state index is 0.273. The maximum atomic E-state index is 12.1. The third-order valence-electron chi connectivity index (χ3n) is 10.4. The van der Waals surface area contributed by atoms with Gasteiger partial charge in [-0.3, -0.25) is 4.79 Å². The Morgan fingerprint density at radius 3 is 2.67 bits per heavy atom. The molecule has 30 heavy (non-hydrogen) atoms. The number of nitrogens with one attached hydrogen (secondary N) is 1. The summed E-state index contributed by atoms with van der Waals surface area (Å²) in [5.41, 5.74) is 0.605. The van der Waals surface area contributed by atoms with Crippen LogP contribution < -0.4 is 5.32 Å². The Labute approximate surface area is 183 Å². The van der Waals surface area contributed by atoms with Gasteiger partial charge in [-0.25, -0.2) is 0 Å². The SMILES string of the molecule is C=C(OC1=CCCCC1)C1CCC2C3C(CC[C@]12C)[C@@]1(C)CCC(=O)NC1C[C@@H]3C. The second kappa shape index (κ2) is 7.41. The fourth-order valence-electron chi connectivity index (χ4n) is 8.72. The van der Waals surface area contributed by atoms with E-state index in [-0.39, 0.29) is 11.3 Å². The second-order valence-electron chi connectivity index (χ2n) is 11.8. The standard InChI is InChI=1S/C27H41NO2/c1-17-16-23-27(4,15-13-24(29)28-23)22-12-14-26(3)20(10-11-21(26)25(17)22)18(2)30-19-8-6-5-7-9-19/h8,17,20-23,25H,2,5-7,9-16H2,1,3-4H3,(H,28,29)/t17-,20?,21?,22?,23?,25?,26+,27+/m0/s1. The molecule has 3 heteroatoms. The number of carbonyl (C=O) groups is 1. The summed E-state index contributed by atoms with van der Waals surface area (Å²) in [6.45, 7) is 12.0. The smallest absolute Gasteiger partial charge is 0.220 e. The molecule has 1 saturated heterocycles. The van der Waals surface area contributed by atoms with Crippen LogP contribution in [0.3, 0.4) is 0 Å². The summed E-state index contributed by atoms with van der Waals surface area (Å²) in [4.78, 5) is 12.1. The fourth-order valence-corrected chi connectivity index (χ4v) is 8.72. The highest BCUT2D eigenvalue weighted by atomic mass is 16.5. The van der Waals surface area contributed by atoms with E-state index in [9.17, 15) is 4.79 Å². The van der Waals surface area contributed by atoms with Crippen molar-refractivity contribution in [2.75, 3.05) is 0 Å². The number of amides is 1. The Hall–Kier alpha value is -1.25. The van der Waals surface area contributed by atoms with E-state index in [1.807, 2.05) is 0 Å². The normalized spacial score (nSPS) is 48.0. The fraction of sp³-hybridized carbons (Fsp3) is 0.815. The first-order chi connectivity index (χ1) is 14.3. The molecule has 5 rings (SSSR count). The van der Waals surface area contributed by atoms with Crippen LogP contribution in [-0.4, -0.2) is 11.9 Å². The van der Waals surface area contributed by atoms with Crippen LogP contribution in [-0.2, 0) is 9.53 Å². The van der Waals surface area contributed by atoms with Gasteiger partial charge in [0.25, 0.3) is 0 Å². The maximum absolute atomic E-state index is 12.1. The van der Waals surface area contributed by atoms with E-state index in [0.29, 0.717) is 23.3 Å². The third kappa shape index (κ3) is 3.09. The molecule has 4 aliphatic carbocycles. The maximum Gasteiger partial charge on any atom is 0.220 e. The zero-order valence-corrected chi connectivity index (χ0v) is 19.3. The number of hydrogen-bond donors (Lipinski definition) is 1. The van der Waals surface area contributed by atoms with Crippen molar-refractivity contribution >= 4 is 5.91 Å². The van der Waals surface area contributed by atoms with E-state index in [2.05, 4.69) is 38.7 Å². The monoisotopic (exact) mass is 411 g/mol. The molecule has 8 atom stereocenters. The molecule has 4 fully saturated rings. The van der Waals surface area contributed by atoms with E-state index in [4.69, 9.17) is 4.74 Å². The Bertz CT molecular complexity index is 756. The summed E-state index contributed by atoms with van der Waals surface area (Å²) >= 11 is 0. The molecule has 1 N–H and O–H groups in total. The minimum Gasteiger partial charge on any atom is -0.467 e. The summed E-state index contributed by atoms with van der Waals surface area (Å²) in [7, 11) is 0. The molecule has 5 unspecified atom stereocenters. The van der Waals surface area contributed by atoms with Gasteiger partial charge in [-0.15, -0.1) is 0 Å². The van der Waals surface area contributed by atoms with E-state index in [1.54, 1.807) is 0 Å². The molecule has 1 heterocycles. The molecule has 1 aliphatic heterocycles. The molecular formula is C27H41NO2. The first kappa shape index (κ1) is 20.6. The van der Waals surface area contributed by atoms with Crippen LogP contribution in [0.2, 0.25) is 0 Å². The number of fused-ring (bicyclic) bond motifs is 5. The second-order valence-corrected chi connectivity index (χ2v) is 11.8. The summed E-state index contributed by atoms with van der Waals surface area (Å²) in [5.74, 6) is 5.98. The Morgan fingerprint density at radius 1 is 1.10 bits per heavy atom. The molecule has 0 bridgehead atoms. The van der Waals surface area contributed by atoms with Crippen molar-refractivity contribution < 1.29 is 9.53 Å². The largest absolute Gasteiger partial charge is 0.467 e. The molecule has 3 saturated carbocycles. The van der Waals surface area contributed by atoms with Gasteiger partial charge in [0, 0.05) is 24.8 Å². The zero-order valence-electron chi connectivity index (χ0n) is 19.3. The van der Waals surface area contributed by atoms with Gasteiger partial charge in [0.2, 0.25) is 5.91 Å². The van der Waals surface area contributed by atoms with E-state index in [0.717, 1.165) is 55.6 Å². The number of allylic oxidation sites excluding steroid dienone is 3. The van der Waals surface area contributed by atoms with Gasteiger partial charge in [0.1, 0.15) is 5.76 Å². The number of rotatable bonds is 3. The van der Waals surface area contributed by atoms with Gasteiger partial charge >= 0.3 is 0 Å². The molecule has 1 amide bonds. The van der Waals surface area contributed by atoms with E-state index >= 15 is 0 Å². The lowest BCUT2D eigenvalue weighted by Gasteiger charge is -2.62. The predicted molar refractivity (Wildman–Crippen MR) is 120 cm³/mol. The van der Waals surface area contributed by atoms with Gasteiger partial charge in [0.15, 0.2) is 0 Å². The quantitative estimate of drug-likeness (QED) is 0.549. The van der Waals surface area contributed by atoms with Crippen molar-refractivity contribution in [1.82, 2.24) is 5.32 Å². The average Bonchev–Trinajstić information content (AvgIpc) is 3.07. The molecule has 0 aromatic rings. The van der Waals surface area contributed by atoms with E-state index < -0.39 is 0 Å². The Balaban J connectivity index is 1.37. The van der Waals surface area contributed by atoms with Crippen LogP contribution in [0.1, 0.15) is 91.4 Å². The summed E-state index contributed by atoms with van der Waals surface area (Å²) < 4.78 is 6.39. The molecule has 0 aromatic carbocycles. The molecule has 3 nitrogen and oxygen atoms in total. The number of piperidine rings is 1. The molecule has 0 spiro atoms. The zero-order chi connectivity index (χ0) is 21.1. The highest BCUT2D eigenvalue weighted by molar-refractivity contribution is 5.77. The van der Waals surface area contributed by atoms with Crippen molar-refractivity contribution in [2.24, 2.45) is 40.4 Å². The summed E-state index contributed by atoms with van der Waals surface area (Å²) in [6, 6.07) is 0.382. The lowest BCUT2D eigenvalue weighted by molar-refractivity contribution is -0.143. The lowest BCUT2D eigenvalue weighted by Crippen LogP contribution is -2.63. The Morgan fingerprint density at radius 2 is 1.90 bits per heavy atom. The minimum atomic E-state index is 0.273. The number of ether oxygens (including phenoxy) is 1. The van der Waals surface area contributed by atoms with Crippen molar-refractivity contribution in [1.29, 1.82) is 0 Å². The van der Waals surface area contributed by atoms with Gasteiger partial charge in [-0.1, -0.05) is 27.4 Å². The third-order valence-corrected chi connectivity index (χ3v) is 10.4. The highest BCUT2D eigenvalue weighted by Crippen LogP contribution is 2.67. The van der Waals surface area contributed by atoms with Crippen LogP contribution in [0.25, 0.3) is 0 Å². The highest BCUT2D eigenvalue weighted by Gasteiger charge is 2.62. The molecule has 166 valence electrons. The van der Waals surface area contributed by atoms with Crippen LogP contribution in [0.5, 0.6) is 0 Å². The first-order valence-electron chi connectivity index (χ1n) is 12.7. The van der Waals surface area contributed by atoms with Crippen LogP contribution in [0, 0.1) is 40.4 Å². The number of hydrogen-bond acceptors (Lipinski definition) is 2. The lowest BCUT2D eigenvalue weighted by atomic mass is 9.45. The van der Waals surface area contributed by atoms with Crippen LogP contribution in [0.15, 0.2) is 24.2 Å². The van der Waals surface area contributed by atoms with Crippen molar-refractivity contribution in [3.63, 3.8) is 0 Å². The van der Waals surface area contributed by atoms with Gasteiger partial charge in [0.05, 0.1) is 5.76 Å². The molecule has 0 radical (unpaired) electrons. The summed E-state index contributed by atoms with van der Waals surface area (Å²) in [5, 5.41) is 3.38. The van der Waals surface area contributed by atoms with Crippen LogP contribution in [0.4, 0.5) is 0 Å². The topological polar surface area (TPSA) is 38.3 Å². The average molecular weight is 412 g/mol. The predicted octanol–water partition coefficient (Wildman–Crippen LogP) is 6.36. The number of carbonyl (C=O) groups excluding carboxylic acids is 1. The Kier molecular flexibility index (Phi) is 5.10.